The van der Waals surface area contributed by atoms with E-state index in [1.807, 2.05) is 6.07 Å². The number of hydrogen-bond donors (Lipinski definition) is 2. The molecular formula is C16H25ClN2O2. The molecule has 0 saturated heterocycles. The zero-order chi connectivity index (χ0) is 14.3. The second kappa shape index (κ2) is 9.03. The minimum atomic E-state index is 0. The maximum atomic E-state index is 11.8. The van der Waals surface area contributed by atoms with Gasteiger partial charge >= 0.3 is 0 Å². The van der Waals surface area contributed by atoms with Crippen molar-refractivity contribution in [3.8, 4) is 0 Å². The third-order valence-corrected chi connectivity index (χ3v) is 4.09. The standard InChI is InChI=1S/C16H24N2O2.ClH/c1-20-11-10-17-12-15(19)18-13-16(8-5-9-16)14-6-3-2-4-7-14;/h2-4,6-7,17H,5,8-13H2,1H3,(H,18,19);1H. The number of nitrogens with one attached hydrogen (secondary N) is 2. The van der Waals surface area contributed by atoms with E-state index in [-0.39, 0.29) is 23.7 Å². The van der Waals surface area contributed by atoms with E-state index in [0.29, 0.717) is 19.7 Å². The van der Waals surface area contributed by atoms with Crippen molar-refractivity contribution in [1.29, 1.82) is 0 Å². The molecule has 1 aliphatic rings. The fourth-order valence-electron chi connectivity index (χ4n) is 2.67. The lowest BCUT2D eigenvalue weighted by Gasteiger charge is -2.42. The Hall–Kier alpha value is -1.10. The smallest absolute Gasteiger partial charge is 0.233 e. The van der Waals surface area contributed by atoms with Crippen LogP contribution in [0.1, 0.15) is 24.8 Å². The molecule has 1 aromatic carbocycles. The van der Waals surface area contributed by atoms with E-state index in [9.17, 15) is 4.79 Å². The van der Waals surface area contributed by atoms with Crippen molar-refractivity contribution in [2.75, 3.05) is 33.4 Å². The van der Waals surface area contributed by atoms with Crippen LogP contribution in [-0.2, 0) is 14.9 Å². The average Bonchev–Trinajstić information content (AvgIpc) is 2.44. The summed E-state index contributed by atoms with van der Waals surface area (Å²) in [5, 5.41) is 6.12. The van der Waals surface area contributed by atoms with E-state index < -0.39 is 0 Å². The highest BCUT2D eigenvalue weighted by atomic mass is 35.5. The summed E-state index contributed by atoms with van der Waals surface area (Å²) < 4.78 is 4.93. The van der Waals surface area contributed by atoms with Gasteiger partial charge in [-0.1, -0.05) is 36.8 Å². The zero-order valence-corrected chi connectivity index (χ0v) is 13.4. The summed E-state index contributed by atoms with van der Waals surface area (Å²) in [5.74, 6) is 0.0586. The fraction of sp³-hybridized carbons (Fsp3) is 0.562. The highest BCUT2D eigenvalue weighted by molar-refractivity contribution is 5.85. The Morgan fingerprint density at radius 1 is 1.29 bits per heavy atom. The van der Waals surface area contributed by atoms with Crippen LogP contribution in [0, 0.1) is 0 Å². The summed E-state index contributed by atoms with van der Waals surface area (Å²) in [6.45, 7) is 2.42. The van der Waals surface area contributed by atoms with Crippen LogP contribution in [0.15, 0.2) is 30.3 Å². The SMILES string of the molecule is COCCNCC(=O)NCC1(c2ccccc2)CCC1.Cl. The monoisotopic (exact) mass is 312 g/mol. The molecule has 0 aliphatic heterocycles. The molecule has 1 fully saturated rings. The molecule has 0 aromatic heterocycles. The second-order valence-corrected chi connectivity index (χ2v) is 5.45. The molecule has 0 unspecified atom stereocenters. The molecule has 1 saturated carbocycles. The van der Waals surface area contributed by atoms with Crippen LogP contribution in [-0.4, -0.2) is 39.3 Å². The third kappa shape index (κ3) is 4.99. The van der Waals surface area contributed by atoms with Gasteiger partial charge in [-0.3, -0.25) is 4.79 Å². The highest BCUT2D eigenvalue weighted by Crippen LogP contribution is 2.42. The molecule has 0 heterocycles. The van der Waals surface area contributed by atoms with E-state index >= 15 is 0 Å². The van der Waals surface area contributed by atoms with E-state index in [2.05, 4.69) is 34.9 Å². The highest BCUT2D eigenvalue weighted by Gasteiger charge is 2.38. The van der Waals surface area contributed by atoms with Crippen molar-refractivity contribution >= 4 is 18.3 Å². The van der Waals surface area contributed by atoms with E-state index in [1.54, 1.807) is 7.11 Å². The van der Waals surface area contributed by atoms with Gasteiger partial charge in [-0.15, -0.1) is 12.4 Å². The molecule has 5 heteroatoms. The maximum absolute atomic E-state index is 11.8. The van der Waals surface area contributed by atoms with Crippen LogP contribution in [0.3, 0.4) is 0 Å². The van der Waals surface area contributed by atoms with E-state index in [1.165, 1.54) is 12.0 Å². The Morgan fingerprint density at radius 2 is 2.00 bits per heavy atom. The van der Waals surface area contributed by atoms with E-state index in [4.69, 9.17) is 4.74 Å². The quantitative estimate of drug-likeness (QED) is 0.721. The van der Waals surface area contributed by atoms with Gasteiger partial charge in [-0.05, 0) is 18.4 Å². The molecule has 0 spiro atoms. The molecular weight excluding hydrogens is 288 g/mol. The number of carbonyl (C=O) groups excluding carboxylic acids is 1. The minimum Gasteiger partial charge on any atom is -0.383 e. The third-order valence-electron chi connectivity index (χ3n) is 4.09. The number of rotatable bonds is 8. The summed E-state index contributed by atoms with van der Waals surface area (Å²) in [6, 6.07) is 10.5. The van der Waals surface area contributed by atoms with Gasteiger partial charge in [0.2, 0.25) is 5.91 Å². The molecule has 1 amide bonds. The number of benzene rings is 1. The summed E-state index contributed by atoms with van der Waals surface area (Å²) >= 11 is 0. The van der Waals surface area contributed by atoms with Gasteiger partial charge in [-0.2, -0.15) is 0 Å². The molecule has 2 N–H and O–H groups in total. The molecule has 1 aromatic rings. The van der Waals surface area contributed by atoms with Crippen LogP contribution in [0.25, 0.3) is 0 Å². The largest absolute Gasteiger partial charge is 0.383 e. The second-order valence-electron chi connectivity index (χ2n) is 5.45. The first kappa shape index (κ1) is 18.0. The fourth-order valence-corrected chi connectivity index (χ4v) is 2.67. The van der Waals surface area contributed by atoms with Crippen LogP contribution in [0.4, 0.5) is 0 Å². The predicted molar refractivity (Wildman–Crippen MR) is 87.0 cm³/mol. The number of halogens is 1. The molecule has 118 valence electrons. The van der Waals surface area contributed by atoms with Gasteiger partial charge < -0.3 is 15.4 Å². The summed E-state index contributed by atoms with van der Waals surface area (Å²) in [7, 11) is 1.65. The maximum Gasteiger partial charge on any atom is 0.233 e. The lowest BCUT2D eigenvalue weighted by Crippen LogP contribution is -2.47. The molecule has 1 aliphatic carbocycles. The average molecular weight is 313 g/mol. The predicted octanol–water partition coefficient (Wildman–Crippen LogP) is 1.88. The number of carbonyl (C=O) groups is 1. The van der Waals surface area contributed by atoms with Gasteiger partial charge in [0.1, 0.15) is 0 Å². The molecule has 0 bridgehead atoms. The van der Waals surface area contributed by atoms with E-state index in [0.717, 1.165) is 19.4 Å². The summed E-state index contributed by atoms with van der Waals surface area (Å²) in [5.41, 5.74) is 1.50. The zero-order valence-electron chi connectivity index (χ0n) is 12.6. The lowest BCUT2D eigenvalue weighted by atomic mass is 9.64. The van der Waals surface area contributed by atoms with Gasteiger partial charge in [0.05, 0.1) is 13.2 Å². The van der Waals surface area contributed by atoms with Gasteiger partial charge in [0.25, 0.3) is 0 Å². The Kier molecular flexibility index (Phi) is 7.72. The minimum absolute atomic E-state index is 0. The van der Waals surface area contributed by atoms with Crippen molar-refractivity contribution in [2.45, 2.75) is 24.7 Å². The molecule has 0 atom stereocenters. The summed E-state index contributed by atoms with van der Waals surface area (Å²) in [4.78, 5) is 11.8. The topological polar surface area (TPSA) is 50.4 Å². The van der Waals surface area contributed by atoms with Crippen LogP contribution < -0.4 is 10.6 Å². The van der Waals surface area contributed by atoms with Crippen molar-refractivity contribution in [3.63, 3.8) is 0 Å². The number of hydrogen-bond acceptors (Lipinski definition) is 3. The number of methoxy groups -OCH3 is 1. The first-order chi connectivity index (χ1) is 9.77. The molecule has 0 radical (unpaired) electrons. The van der Waals surface area contributed by atoms with Crippen LogP contribution in [0.5, 0.6) is 0 Å². The van der Waals surface area contributed by atoms with Gasteiger partial charge in [0.15, 0.2) is 0 Å². The Bertz CT molecular complexity index is 422. The Morgan fingerprint density at radius 3 is 2.57 bits per heavy atom. The van der Waals surface area contributed by atoms with Crippen molar-refractivity contribution < 1.29 is 9.53 Å². The first-order valence-corrected chi connectivity index (χ1v) is 7.29. The van der Waals surface area contributed by atoms with Crippen molar-refractivity contribution in [1.82, 2.24) is 10.6 Å². The Balaban J connectivity index is 0.00000220. The Labute approximate surface area is 133 Å². The first-order valence-electron chi connectivity index (χ1n) is 7.29. The number of amides is 1. The molecule has 21 heavy (non-hydrogen) atoms. The number of ether oxygens (including phenoxy) is 1. The molecule has 4 nitrogen and oxygen atoms in total. The van der Waals surface area contributed by atoms with Crippen molar-refractivity contribution in [3.05, 3.63) is 35.9 Å². The van der Waals surface area contributed by atoms with Crippen molar-refractivity contribution in [2.24, 2.45) is 0 Å². The van der Waals surface area contributed by atoms with Crippen LogP contribution in [0.2, 0.25) is 0 Å². The van der Waals surface area contributed by atoms with Gasteiger partial charge in [0, 0.05) is 25.6 Å². The summed E-state index contributed by atoms with van der Waals surface area (Å²) in [6.07, 6.45) is 3.57. The van der Waals surface area contributed by atoms with Gasteiger partial charge in [-0.25, -0.2) is 0 Å². The normalized spacial score (nSPS) is 15.7. The lowest BCUT2D eigenvalue weighted by molar-refractivity contribution is -0.120. The molecule has 2 rings (SSSR count). The van der Waals surface area contributed by atoms with Crippen LogP contribution >= 0.6 is 12.4 Å².